The van der Waals surface area contributed by atoms with Gasteiger partial charge in [-0.1, -0.05) is 18.2 Å². The summed E-state index contributed by atoms with van der Waals surface area (Å²) in [4.78, 5) is 23.3. The van der Waals surface area contributed by atoms with Crippen LogP contribution in [0.1, 0.15) is 23.2 Å². The highest BCUT2D eigenvalue weighted by atomic mass is 16.6. The minimum Gasteiger partial charge on any atom is -0.462 e. The third-order valence-corrected chi connectivity index (χ3v) is 4.13. The molecule has 20 heavy (non-hydrogen) atoms. The lowest BCUT2D eigenvalue weighted by Crippen LogP contribution is -2.28. The summed E-state index contributed by atoms with van der Waals surface area (Å²) in [6.45, 7) is -0.107. The fourth-order valence-corrected chi connectivity index (χ4v) is 3.13. The Morgan fingerprint density at radius 1 is 1.35 bits per heavy atom. The van der Waals surface area contributed by atoms with Crippen LogP contribution in [-0.2, 0) is 14.3 Å². The predicted octanol–water partition coefficient (Wildman–Crippen LogP) is 1.16. The lowest BCUT2D eigenvalue weighted by Gasteiger charge is -2.20. The maximum atomic E-state index is 12.0. The van der Waals surface area contributed by atoms with Crippen molar-refractivity contribution < 1.29 is 24.2 Å². The van der Waals surface area contributed by atoms with Crippen LogP contribution in [-0.4, -0.2) is 35.9 Å². The van der Waals surface area contributed by atoms with Crippen LogP contribution in [0.4, 0.5) is 0 Å². The van der Waals surface area contributed by atoms with Gasteiger partial charge in [0.15, 0.2) is 0 Å². The molecule has 1 aliphatic carbocycles. The molecule has 1 heterocycles. The number of carbonyl (C=O) groups excluding carboxylic acids is 2. The molecule has 4 atom stereocenters. The second-order valence-electron chi connectivity index (χ2n) is 5.29. The highest BCUT2D eigenvalue weighted by molar-refractivity contribution is 5.89. The van der Waals surface area contributed by atoms with Gasteiger partial charge in [-0.15, -0.1) is 0 Å². The molecular weight excluding hydrogens is 260 g/mol. The first kappa shape index (κ1) is 13.1. The molecule has 0 bridgehead atoms. The fourth-order valence-electron chi connectivity index (χ4n) is 3.13. The molecule has 1 aliphatic heterocycles. The van der Waals surface area contributed by atoms with Crippen molar-refractivity contribution in [3.63, 3.8) is 0 Å². The summed E-state index contributed by atoms with van der Waals surface area (Å²) in [5, 5.41) is 9.50. The molecule has 5 heteroatoms. The lowest BCUT2D eigenvalue weighted by molar-refractivity contribution is -0.141. The van der Waals surface area contributed by atoms with E-state index in [2.05, 4.69) is 0 Å². The van der Waals surface area contributed by atoms with E-state index < -0.39 is 12.1 Å². The molecule has 2 aliphatic rings. The SMILES string of the molecule is O=C1C[C@@H]2[C@@H](CO)[C@@H](OC(=O)c3ccccc3)C[C@H]2O1. The van der Waals surface area contributed by atoms with Crippen molar-refractivity contribution in [1.82, 2.24) is 0 Å². The second-order valence-corrected chi connectivity index (χ2v) is 5.29. The van der Waals surface area contributed by atoms with Gasteiger partial charge in [-0.2, -0.15) is 0 Å². The Bertz CT molecular complexity index is 512. The van der Waals surface area contributed by atoms with Crippen LogP contribution in [0.15, 0.2) is 30.3 Å². The molecule has 1 aromatic carbocycles. The van der Waals surface area contributed by atoms with Crippen molar-refractivity contribution in [2.75, 3.05) is 6.61 Å². The van der Waals surface area contributed by atoms with Gasteiger partial charge in [0.05, 0.1) is 12.0 Å². The van der Waals surface area contributed by atoms with E-state index in [4.69, 9.17) is 9.47 Å². The molecule has 0 unspecified atom stereocenters. The normalized spacial score (nSPS) is 31.8. The molecule has 1 saturated carbocycles. The first-order chi connectivity index (χ1) is 9.69. The average Bonchev–Trinajstić information content (AvgIpc) is 2.95. The molecule has 0 spiro atoms. The molecule has 1 saturated heterocycles. The van der Waals surface area contributed by atoms with Gasteiger partial charge in [-0.05, 0) is 12.1 Å². The van der Waals surface area contributed by atoms with E-state index in [-0.39, 0.29) is 30.5 Å². The van der Waals surface area contributed by atoms with E-state index in [9.17, 15) is 14.7 Å². The number of fused-ring (bicyclic) bond motifs is 1. The second kappa shape index (κ2) is 5.25. The number of hydrogen-bond acceptors (Lipinski definition) is 5. The number of carbonyl (C=O) groups is 2. The van der Waals surface area contributed by atoms with Crippen LogP contribution in [0.2, 0.25) is 0 Å². The fraction of sp³-hybridized carbons (Fsp3) is 0.467. The van der Waals surface area contributed by atoms with Crippen LogP contribution >= 0.6 is 0 Å². The Balaban J connectivity index is 1.69. The summed E-state index contributed by atoms with van der Waals surface area (Å²) < 4.78 is 10.7. The standard InChI is InChI=1S/C15H16O5/c16-8-11-10-6-14(17)19-12(10)7-13(11)20-15(18)9-4-2-1-3-5-9/h1-5,10-13,16H,6-8H2/t10-,11-,12-,13+/m1/s1. The van der Waals surface area contributed by atoms with Crippen molar-refractivity contribution >= 4 is 11.9 Å². The van der Waals surface area contributed by atoms with Crippen molar-refractivity contribution in [2.45, 2.75) is 25.0 Å². The minimum absolute atomic E-state index is 0.0407. The zero-order valence-corrected chi connectivity index (χ0v) is 10.9. The van der Waals surface area contributed by atoms with E-state index in [0.717, 1.165) is 0 Å². The van der Waals surface area contributed by atoms with E-state index in [1.807, 2.05) is 6.07 Å². The van der Waals surface area contributed by atoms with E-state index in [1.54, 1.807) is 24.3 Å². The lowest BCUT2D eigenvalue weighted by atomic mass is 9.93. The molecule has 2 fully saturated rings. The van der Waals surface area contributed by atoms with Gasteiger partial charge in [0.1, 0.15) is 12.2 Å². The number of esters is 2. The maximum Gasteiger partial charge on any atom is 0.338 e. The molecule has 1 N–H and O–H groups in total. The molecule has 106 valence electrons. The van der Waals surface area contributed by atoms with Gasteiger partial charge in [0, 0.05) is 24.9 Å². The van der Waals surface area contributed by atoms with Crippen molar-refractivity contribution in [3.05, 3.63) is 35.9 Å². The predicted molar refractivity (Wildman–Crippen MR) is 68.8 cm³/mol. The van der Waals surface area contributed by atoms with E-state index in [1.165, 1.54) is 0 Å². The largest absolute Gasteiger partial charge is 0.462 e. The van der Waals surface area contributed by atoms with Crippen LogP contribution in [0.3, 0.4) is 0 Å². The number of aliphatic hydroxyl groups excluding tert-OH is 1. The highest BCUT2D eigenvalue weighted by Crippen LogP contribution is 2.42. The average molecular weight is 276 g/mol. The minimum atomic E-state index is -0.402. The number of benzene rings is 1. The number of rotatable bonds is 3. The molecule has 5 nitrogen and oxygen atoms in total. The van der Waals surface area contributed by atoms with Gasteiger partial charge in [0.25, 0.3) is 0 Å². The molecule has 0 radical (unpaired) electrons. The Labute approximate surface area is 116 Å². The summed E-state index contributed by atoms with van der Waals surface area (Å²) in [5.41, 5.74) is 0.484. The quantitative estimate of drug-likeness (QED) is 0.839. The highest BCUT2D eigenvalue weighted by Gasteiger charge is 2.51. The van der Waals surface area contributed by atoms with Crippen molar-refractivity contribution in [1.29, 1.82) is 0 Å². The molecular formula is C15H16O5. The summed E-state index contributed by atoms with van der Waals surface area (Å²) in [6, 6.07) is 8.74. The number of aliphatic hydroxyl groups is 1. The topological polar surface area (TPSA) is 72.8 Å². The molecule has 1 aromatic rings. The zero-order valence-electron chi connectivity index (χ0n) is 10.9. The molecule has 0 amide bonds. The van der Waals surface area contributed by atoms with Gasteiger partial charge in [-0.3, -0.25) is 4.79 Å². The number of ether oxygens (including phenoxy) is 2. The number of hydrogen-bond donors (Lipinski definition) is 1. The van der Waals surface area contributed by atoms with Gasteiger partial charge in [0.2, 0.25) is 0 Å². The zero-order chi connectivity index (χ0) is 14.1. The van der Waals surface area contributed by atoms with Crippen molar-refractivity contribution in [3.8, 4) is 0 Å². The Morgan fingerprint density at radius 3 is 2.80 bits per heavy atom. The van der Waals surface area contributed by atoms with Crippen LogP contribution in [0, 0.1) is 11.8 Å². The first-order valence-electron chi connectivity index (χ1n) is 6.75. The monoisotopic (exact) mass is 276 g/mol. The third kappa shape index (κ3) is 2.29. The Kier molecular flexibility index (Phi) is 3.44. The van der Waals surface area contributed by atoms with Crippen LogP contribution < -0.4 is 0 Å². The molecule has 0 aromatic heterocycles. The van der Waals surface area contributed by atoms with Gasteiger partial charge >= 0.3 is 11.9 Å². The summed E-state index contributed by atoms with van der Waals surface area (Å²) in [7, 11) is 0. The van der Waals surface area contributed by atoms with Crippen molar-refractivity contribution in [2.24, 2.45) is 11.8 Å². The smallest absolute Gasteiger partial charge is 0.338 e. The Morgan fingerprint density at radius 2 is 2.10 bits per heavy atom. The maximum absolute atomic E-state index is 12.0. The summed E-state index contributed by atoms with van der Waals surface area (Å²) >= 11 is 0. The summed E-state index contributed by atoms with van der Waals surface area (Å²) in [5.74, 6) is -0.896. The summed E-state index contributed by atoms with van der Waals surface area (Å²) in [6.07, 6.45) is 0.152. The van der Waals surface area contributed by atoms with E-state index in [0.29, 0.717) is 18.4 Å². The first-order valence-corrected chi connectivity index (χ1v) is 6.75. The van der Waals surface area contributed by atoms with Gasteiger partial charge in [-0.25, -0.2) is 4.79 Å². The molecule has 3 rings (SSSR count). The van der Waals surface area contributed by atoms with Crippen LogP contribution in [0.25, 0.3) is 0 Å². The van der Waals surface area contributed by atoms with Gasteiger partial charge < -0.3 is 14.6 Å². The van der Waals surface area contributed by atoms with E-state index >= 15 is 0 Å². The Hall–Kier alpha value is -1.88. The third-order valence-electron chi connectivity index (χ3n) is 4.13. The van der Waals surface area contributed by atoms with Crippen LogP contribution in [0.5, 0.6) is 0 Å².